The number of hydrogen-bond acceptors (Lipinski definition) is 4. The maximum atomic E-state index is 13.9. The minimum Gasteiger partial charge on any atom is -0.345 e. The van der Waals surface area contributed by atoms with E-state index in [2.05, 4.69) is 20.1 Å². The van der Waals surface area contributed by atoms with Gasteiger partial charge in [0.05, 0.1) is 22.9 Å². The Hall–Kier alpha value is -3.16. The predicted molar refractivity (Wildman–Crippen MR) is 110 cm³/mol. The molecule has 2 atom stereocenters. The predicted octanol–water partition coefficient (Wildman–Crippen LogP) is 6.59. The molecule has 1 N–H and O–H groups in total. The normalized spacial score (nSPS) is 19.7. The van der Waals surface area contributed by atoms with Gasteiger partial charge in [-0.3, -0.25) is 0 Å². The summed E-state index contributed by atoms with van der Waals surface area (Å²) >= 11 is 0. The Kier molecular flexibility index (Phi) is 4.79. The van der Waals surface area contributed by atoms with Gasteiger partial charge in [0.1, 0.15) is 0 Å². The molecule has 2 unspecified atom stereocenters. The topological polar surface area (TPSA) is 67.6 Å². The minimum absolute atomic E-state index is 0.0634. The van der Waals surface area contributed by atoms with E-state index in [4.69, 9.17) is 4.52 Å². The van der Waals surface area contributed by atoms with Crippen molar-refractivity contribution in [3.8, 4) is 22.8 Å². The van der Waals surface area contributed by atoms with Gasteiger partial charge >= 0.3 is 6.18 Å². The number of imidazole rings is 1. The van der Waals surface area contributed by atoms with Crippen molar-refractivity contribution in [2.45, 2.75) is 44.7 Å². The summed E-state index contributed by atoms with van der Waals surface area (Å²) in [5.74, 6) is 0.519. The van der Waals surface area contributed by atoms with Gasteiger partial charge in [0.2, 0.25) is 5.82 Å². The lowest BCUT2D eigenvalue weighted by molar-refractivity contribution is -0.138. The van der Waals surface area contributed by atoms with Crippen LogP contribution in [0, 0.1) is 5.92 Å². The summed E-state index contributed by atoms with van der Waals surface area (Å²) < 4.78 is 47.1. The first kappa shape index (κ1) is 19.8. The van der Waals surface area contributed by atoms with Gasteiger partial charge in [0.15, 0.2) is 0 Å². The maximum Gasteiger partial charge on any atom is 0.416 e. The van der Waals surface area contributed by atoms with Crippen LogP contribution in [0.1, 0.15) is 49.7 Å². The monoisotopic (exact) mass is 426 g/mol. The lowest BCUT2D eigenvalue weighted by Crippen LogP contribution is -2.19. The number of benzene rings is 2. The van der Waals surface area contributed by atoms with E-state index < -0.39 is 11.7 Å². The molecule has 1 aliphatic rings. The average Bonchev–Trinajstić information content (AvgIpc) is 3.42. The number of nitrogens with one attached hydrogen (secondary N) is 1. The van der Waals surface area contributed by atoms with E-state index in [0.717, 1.165) is 42.8 Å². The fraction of sp³-hybridized carbons (Fsp3) is 0.348. The molecule has 1 fully saturated rings. The van der Waals surface area contributed by atoms with Crippen molar-refractivity contribution in [3.05, 3.63) is 53.9 Å². The number of fused-ring (bicyclic) bond motifs is 1. The number of rotatable bonds is 3. The van der Waals surface area contributed by atoms with E-state index in [1.165, 1.54) is 0 Å². The standard InChI is InChI=1S/C23H21F3N4O/c1-13-4-2-3-5-16(13)17-8-6-15(10-18(17)23(24,25)26)22-29-21(30-31-22)14-7-9-19-20(11-14)28-12-27-19/h6-13,16H,2-5H2,1H3,(H,27,28). The van der Waals surface area contributed by atoms with Crippen molar-refractivity contribution >= 4 is 11.0 Å². The Bertz CT molecular complexity index is 1230. The number of alkyl halides is 3. The molecule has 1 aliphatic carbocycles. The average molecular weight is 426 g/mol. The first-order chi connectivity index (χ1) is 14.9. The molecule has 4 aromatic rings. The SMILES string of the molecule is CC1CCCCC1c1ccc(-c2nc(-c3ccc4nc[nH]c4c3)no2)cc1C(F)(F)F. The van der Waals surface area contributed by atoms with Crippen LogP contribution in [0.3, 0.4) is 0 Å². The smallest absolute Gasteiger partial charge is 0.345 e. The second-order valence-electron chi connectivity index (χ2n) is 8.23. The van der Waals surface area contributed by atoms with Crippen LogP contribution >= 0.6 is 0 Å². The molecule has 0 amide bonds. The molecule has 5 nitrogen and oxygen atoms in total. The highest BCUT2D eigenvalue weighted by Gasteiger charge is 2.37. The number of aromatic amines is 1. The first-order valence-corrected chi connectivity index (χ1v) is 10.4. The van der Waals surface area contributed by atoms with Crippen LogP contribution in [0.15, 0.2) is 47.2 Å². The van der Waals surface area contributed by atoms with Crippen molar-refractivity contribution in [3.63, 3.8) is 0 Å². The molecular weight excluding hydrogens is 405 g/mol. The highest BCUT2D eigenvalue weighted by molar-refractivity contribution is 5.80. The molecular formula is C23H21F3N4O. The van der Waals surface area contributed by atoms with Gasteiger partial charge in [-0.2, -0.15) is 18.2 Å². The third-order valence-electron chi connectivity index (χ3n) is 6.22. The fourth-order valence-electron chi connectivity index (χ4n) is 4.57. The fourth-order valence-corrected chi connectivity index (χ4v) is 4.57. The summed E-state index contributed by atoms with van der Waals surface area (Å²) in [6.07, 6.45) is 0.913. The molecule has 160 valence electrons. The molecule has 0 saturated heterocycles. The van der Waals surface area contributed by atoms with E-state index in [-0.39, 0.29) is 23.3 Å². The zero-order valence-electron chi connectivity index (χ0n) is 16.9. The van der Waals surface area contributed by atoms with Crippen LogP contribution in [-0.4, -0.2) is 20.1 Å². The Balaban J connectivity index is 1.52. The van der Waals surface area contributed by atoms with Crippen LogP contribution in [0.2, 0.25) is 0 Å². The van der Waals surface area contributed by atoms with Gasteiger partial charge in [-0.05, 0) is 54.2 Å². The summed E-state index contributed by atoms with van der Waals surface area (Å²) in [4.78, 5) is 11.5. The highest BCUT2D eigenvalue weighted by Crippen LogP contribution is 2.44. The molecule has 2 heterocycles. The zero-order valence-corrected chi connectivity index (χ0v) is 16.9. The van der Waals surface area contributed by atoms with Crippen LogP contribution in [-0.2, 0) is 6.18 Å². The lowest BCUT2D eigenvalue weighted by atomic mass is 9.75. The van der Waals surface area contributed by atoms with Crippen LogP contribution < -0.4 is 0 Å². The number of halogens is 3. The van der Waals surface area contributed by atoms with Gasteiger partial charge in [-0.25, -0.2) is 4.98 Å². The molecule has 0 radical (unpaired) electrons. The number of nitrogens with zero attached hydrogens (tertiary/aromatic N) is 3. The Labute approximate surface area is 176 Å². The van der Waals surface area contributed by atoms with Crippen molar-refractivity contribution in [1.82, 2.24) is 20.1 Å². The molecule has 31 heavy (non-hydrogen) atoms. The molecule has 1 saturated carbocycles. The maximum absolute atomic E-state index is 13.9. The van der Waals surface area contributed by atoms with E-state index >= 15 is 0 Å². The number of H-pyrrole nitrogens is 1. The van der Waals surface area contributed by atoms with E-state index in [1.807, 2.05) is 19.1 Å². The first-order valence-electron chi connectivity index (χ1n) is 10.4. The molecule has 2 aromatic carbocycles. The van der Waals surface area contributed by atoms with Crippen LogP contribution in [0.25, 0.3) is 33.9 Å². The minimum atomic E-state index is -4.45. The van der Waals surface area contributed by atoms with Gasteiger partial charge < -0.3 is 9.51 Å². The Morgan fingerprint density at radius 3 is 2.65 bits per heavy atom. The third-order valence-corrected chi connectivity index (χ3v) is 6.22. The summed E-state index contributed by atoms with van der Waals surface area (Å²) in [6, 6.07) is 9.83. The Morgan fingerprint density at radius 1 is 1.03 bits per heavy atom. The summed E-state index contributed by atoms with van der Waals surface area (Å²) in [5.41, 5.74) is 2.33. The molecule has 0 bridgehead atoms. The molecule has 5 rings (SSSR count). The summed E-state index contributed by atoms with van der Waals surface area (Å²) in [6.45, 7) is 2.04. The number of aromatic nitrogens is 4. The second kappa shape index (κ2) is 7.51. The van der Waals surface area contributed by atoms with Crippen molar-refractivity contribution in [2.24, 2.45) is 5.92 Å². The summed E-state index contributed by atoms with van der Waals surface area (Å²) in [5, 5.41) is 3.97. The second-order valence-corrected chi connectivity index (χ2v) is 8.23. The van der Waals surface area contributed by atoms with E-state index in [9.17, 15) is 13.2 Å². The van der Waals surface area contributed by atoms with Crippen molar-refractivity contribution in [2.75, 3.05) is 0 Å². The highest BCUT2D eigenvalue weighted by atomic mass is 19.4. The van der Waals surface area contributed by atoms with Crippen molar-refractivity contribution < 1.29 is 17.7 Å². The zero-order chi connectivity index (χ0) is 21.6. The van der Waals surface area contributed by atoms with Gasteiger partial charge in [0, 0.05) is 11.1 Å². The Morgan fingerprint density at radius 2 is 1.84 bits per heavy atom. The van der Waals surface area contributed by atoms with Gasteiger partial charge in [0.25, 0.3) is 5.89 Å². The summed E-state index contributed by atoms with van der Waals surface area (Å²) in [7, 11) is 0. The lowest BCUT2D eigenvalue weighted by Gasteiger charge is -2.31. The van der Waals surface area contributed by atoms with Crippen LogP contribution in [0.4, 0.5) is 13.2 Å². The number of hydrogen-bond donors (Lipinski definition) is 1. The van der Waals surface area contributed by atoms with E-state index in [0.29, 0.717) is 17.0 Å². The van der Waals surface area contributed by atoms with E-state index in [1.54, 1.807) is 24.5 Å². The molecule has 0 aliphatic heterocycles. The van der Waals surface area contributed by atoms with Gasteiger partial charge in [-0.15, -0.1) is 0 Å². The third kappa shape index (κ3) is 3.71. The molecule has 8 heteroatoms. The van der Waals surface area contributed by atoms with Crippen LogP contribution in [0.5, 0.6) is 0 Å². The van der Waals surface area contributed by atoms with Crippen molar-refractivity contribution in [1.29, 1.82) is 0 Å². The molecule has 2 aromatic heterocycles. The van der Waals surface area contributed by atoms with Gasteiger partial charge in [-0.1, -0.05) is 37.4 Å². The molecule has 0 spiro atoms. The largest absolute Gasteiger partial charge is 0.416 e. The quantitative estimate of drug-likeness (QED) is 0.401.